The van der Waals surface area contributed by atoms with Crippen molar-refractivity contribution in [2.24, 2.45) is 5.73 Å². The van der Waals surface area contributed by atoms with Crippen LogP contribution in [0.3, 0.4) is 0 Å². The topological polar surface area (TPSA) is 80.5 Å². The average Bonchev–Trinajstić information content (AvgIpc) is 3.07. The number of hydrogen-bond acceptors (Lipinski definition) is 4. The summed E-state index contributed by atoms with van der Waals surface area (Å²) in [7, 11) is -3.43. The van der Waals surface area contributed by atoms with Gasteiger partial charge in [-0.25, -0.2) is 8.42 Å². The van der Waals surface area contributed by atoms with Crippen LogP contribution in [0.5, 0.6) is 0 Å². The number of carbonyl (C=O) groups excluding carboxylic acids is 1. The number of hydrogen-bond donors (Lipinski definition) is 1. The number of halogens is 1. The number of rotatable bonds is 5. The Hall–Kier alpha value is -1.11. The fraction of sp³-hybridized carbons (Fsp3) is 0.632. The molecule has 0 saturated carbocycles. The molecular weight excluding hydrogens is 372 g/mol. The molecule has 7 heteroatoms. The number of aryl methyl sites for hydroxylation is 2. The predicted molar refractivity (Wildman–Crippen MR) is 105 cm³/mol. The lowest BCUT2D eigenvalue weighted by atomic mass is 9.96. The zero-order valence-corrected chi connectivity index (χ0v) is 16.9. The molecule has 1 fully saturated rings. The standard InChI is InChI=1S/C19H28N2O3S.ClH/c1-14(20)18-7-2-3-11-21(18)19(22)10-12-25(23,24)17-9-8-15-5-4-6-16(15)13-17;/h8-9,13-14,18H,2-7,10-12,20H2,1H3;1H. The van der Waals surface area contributed by atoms with Gasteiger partial charge in [0.2, 0.25) is 5.91 Å². The molecule has 2 N–H and O–H groups in total. The minimum Gasteiger partial charge on any atom is -0.338 e. The Kier molecular flexibility index (Phi) is 7.11. The molecule has 0 bridgehead atoms. The van der Waals surface area contributed by atoms with Crippen molar-refractivity contribution in [3.63, 3.8) is 0 Å². The SMILES string of the molecule is CC(N)C1CCCCN1C(=O)CCS(=O)(=O)c1ccc2c(c1)CCC2.Cl. The number of amides is 1. The van der Waals surface area contributed by atoms with Crippen molar-refractivity contribution in [3.05, 3.63) is 29.3 Å². The van der Waals surface area contributed by atoms with Crippen molar-refractivity contribution in [3.8, 4) is 0 Å². The fourth-order valence-corrected chi connectivity index (χ4v) is 5.31. The van der Waals surface area contributed by atoms with Crippen LogP contribution < -0.4 is 5.73 Å². The van der Waals surface area contributed by atoms with E-state index < -0.39 is 9.84 Å². The van der Waals surface area contributed by atoms with E-state index in [0.717, 1.165) is 44.1 Å². The van der Waals surface area contributed by atoms with Crippen LogP contribution in [0.2, 0.25) is 0 Å². The fourth-order valence-electron chi connectivity index (χ4n) is 4.04. The van der Waals surface area contributed by atoms with Crippen molar-refractivity contribution < 1.29 is 13.2 Å². The Bertz CT molecular complexity index is 749. The van der Waals surface area contributed by atoms with E-state index in [1.807, 2.05) is 13.0 Å². The third-order valence-corrected chi connectivity index (χ3v) is 7.20. The Labute approximate surface area is 162 Å². The van der Waals surface area contributed by atoms with Gasteiger partial charge in [0.1, 0.15) is 0 Å². The highest BCUT2D eigenvalue weighted by atomic mass is 35.5. The van der Waals surface area contributed by atoms with Gasteiger partial charge in [-0.2, -0.15) is 0 Å². The highest BCUT2D eigenvalue weighted by Gasteiger charge is 2.30. The van der Waals surface area contributed by atoms with Crippen LogP contribution in [0.1, 0.15) is 50.2 Å². The number of sulfone groups is 1. The summed E-state index contributed by atoms with van der Waals surface area (Å²) in [5.74, 6) is -0.223. The summed E-state index contributed by atoms with van der Waals surface area (Å²) < 4.78 is 25.3. The molecule has 26 heavy (non-hydrogen) atoms. The van der Waals surface area contributed by atoms with Crippen molar-refractivity contribution in [2.45, 2.75) is 68.8 Å². The van der Waals surface area contributed by atoms with E-state index in [9.17, 15) is 13.2 Å². The summed E-state index contributed by atoms with van der Waals surface area (Å²) in [5, 5.41) is 0. The Morgan fingerprint density at radius 1 is 1.23 bits per heavy atom. The van der Waals surface area contributed by atoms with Crippen molar-refractivity contribution >= 4 is 28.2 Å². The number of benzene rings is 1. The van der Waals surface area contributed by atoms with Crippen LogP contribution in [-0.4, -0.2) is 43.6 Å². The van der Waals surface area contributed by atoms with E-state index in [2.05, 4.69) is 0 Å². The monoisotopic (exact) mass is 400 g/mol. The summed E-state index contributed by atoms with van der Waals surface area (Å²) in [4.78, 5) is 14.7. The van der Waals surface area contributed by atoms with Gasteiger partial charge in [0.15, 0.2) is 9.84 Å². The van der Waals surface area contributed by atoms with E-state index in [1.165, 1.54) is 5.56 Å². The first kappa shape index (κ1) is 21.2. The van der Waals surface area contributed by atoms with Gasteiger partial charge in [0.25, 0.3) is 0 Å². The van der Waals surface area contributed by atoms with Crippen LogP contribution in [0.25, 0.3) is 0 Å². The molecule has 5 nitrogen and oxygen atoms in total. The van der Waals surface area contributed by atoms with Crippen LogP contribution in [0, 0.1) is 0 Å². The van der Waals surface area contributed by atoms with Gasteiger partial charge in [-0.1, -0.05) is 6.07 Å². The molecule has 2 atom stereocenters. The molecule has 1 aromatic rings. The second kappa shape index (κ2) is 8.72. The van der Waals surface area contributed by atoms with Crippen molar-refractivity contribution in [1.29, 1.82) is 0 Å². The van der Waals surface area contributed by atoms with E-state index in [-0.39, 0.29) is 42.6 Å². The van der Waals surface area contributed by atoms with Gasteiger partial charge in [0.05, 0.1) is 10.6 Å². The Morgan fingerprint density at radius 2 is 1.96 bits per heavy atom. The number of likely N-dealkylation sites (tertiary alicyclic amines) is 1. The molecule has 1 aliphatic carbocycles. The molecule has 1 aromatic carbocycles. The van der Waals surface area contributed by atoms with Crippen LogP contribution in [-0.2, 0) is 27.5 Å². The minimum absolute atomic E-state index is 0. The number of fused-ring (bicyclic) bond motifs is 1. The average molecular weight is 401 g/mol. The molecule has 2 aliphatic rings. The number of nitrogens with two attached hydrogens (primary N) is 1. The number of nitrogens with zero attached hydrogens (tertiary/aromatic N) is 1. The van der Waals surface area contributed by atoms with E-state index in [4.69, 9.17) is 5.73 Å². The number of carbonyl (C=O) groups is 1. The third kappa shape index (κ3) is 4.59. The smallest absolute Gasteiger partial charge is 0.223 e. The normalized spacial score (nSPS) is 21.0. The highest BCUT2D eigenvalue weighted by molar-refractivity contribution is 7.91. The summed E-state index contributed by atoms with van der Waals surface area (Å²) >= 11 is 0. The third-order valence-electron chi connectivity index (χ3n) is 5.49. The van der Waals surface area contributed by atoms with Crippen LogP contribution in [0.15, 0.2) is 23.1 Å². The maximum absolute atomic E-state index is 12.6. The summed E-state index contributed by atoms with van der Waals surface area (Å²) in [6, 6.07) is 5.36. The predicted octanol–water partition coefficient (Wildman–Crippen LogP) is 2.49. The lowest BCUT2D eigenvalue weighted by Crippen LogP contribution is -2.51. The zero-order chi connectivity index (χ0) is 18.0. The molecule has 0 radical (unpaired) electrons. The van der Waals surface area contributed by atoms with Gasteiger partial charge < -0.3 is 10.6 Å². The van der Waals surface area contributed by atoms with Gasteiger partial charge in [0, 0.05) is 25.0 Å². The first-order valence-corrected chi connectivity index (χ1v) is 10.9. The second-order valence-electron chi connectivity index (χ2n) is 7.36. The molecule has 1 amide bonds. The molecule has 0 aromatic heterocycles. The lowest BCUT2D eigenvalue weighted by molar-refractivity contribution is -0.134. The maximum Gasteiger partial charge on any atom is 0.223 e. The quantitative estimate of drug-likeness (QED) is 0.823. The van der Waals surface area contributed by atoms with Crippen molar-refractivity contribution in [1.82, 2.24) is 4.90 Å². The number of piperidine rings is 1. The molecule has 1 saturated heterocycles. The lowest BCUT2D eigenvalue weighted by Gasteiger charge is -2.38. The molecule has 1 heterocycles. The van der Waals surface area contributed by atoms with Crippen LogP contribution in [0.4, 0.5) is 0 Å². The largest absolute Gasteiger partial charge is 0.338 e. The Morgan fingerprint density at radius 3 is 2.69 bits per heavy atom. The maximum atomic E-state index is 12.6. The molecule has 1 aliphatic heterocycles. The first-order valence-electron chi connectivity index (χ1n) is 9.28. The van der Waals surface area contributed by atoms with E-state index in [1.54, 1.807) is 17.0 Å². The van der Waals surface area contributed by atoms with Gasteiger partial charge in [-0.05, 0) is 68.7 Å². The molecule has 3 rings (SSSR count). The Balaban J connectivity index is 0.00000243. The van der Waals surface area contributed by atoms with Gasteiger partial charge >= 0.3 is 0 Å². The molecule has 146 valence electrons. The summed E-state index contributed by atoms with van der Waals surface area (Å²) in [6.07, 6.45) is 6.04. The minimum atomic E-state index is -3.43. The van der Waals surface area contributed by atoms with E-state index >= 15 is 0 Å². The van der Waals surface area contributed by atoms with Crippen molar-refractivity contribution in [2.75, 3.05) is 12.3 Å². The summed E-state index contributed by atoms with van der Waals surface area (Å²) in [5.41, 5.74) is 8.40. The van der Waals surface area contributed by atoms with Gasteiger partial charge in [-0.15, -0.1) is 12.4 Å². The van der Waals surface area contributed by atoms with E-state index in [0.29, 0.717) is 11.4 Å². The molecule has 0 spiro atoms. The van der Waals surface area contributed by atoms with Crippen LogP contribution >= 0.6 is 12.4 Å². The zero-order valence-electron chi connectivity index (χ0n) is 15.3. The molecule has 2 unspecified atom stereocenters. The van der Waals surface area contributed by atoms with Gasteiger partial charge in [-0.3, -0.25) is 4.79 Å². The summed E-state index contributed by atoms with van der Waals surface area (Å²) in [6.45, 7) is 2.60. The first-order chi connectivity index (χ1) is 11.9. The second-order valence-corrected chi connectivity index (χ2v) is 9.47. The highest BCUT2D eigenvalue weighted by Crippen LogP contribution is 2.26. The molecular formula is C19H29ClN2O3S.